The van der Waals surface area contributed by atoms with Crippen molar-refractivity contribution in [1.82, 2.24) is 0 Å². The van der Waals surface area contributed by atoms with Gasteiger partial charge in [0.2, 0.25) is 0 Å². The molecule has 0 saturated heterocycles. The highest BCUT2D eigenvalue weighted by atomic mass is 31.1. The maximum absolute atomic E-state index is 11.7. The van der Waals surface area contributed by atoms with Crippen LogP contribution >= 0.6 is 8.25 Å². The van der Waals surface area contributed by atoms with E-state index in [4.69, 9.17) is 9.47 Å². The number of carbonyl (C=O) groups excluding carboxylic acids is 1. The van der Waals surface area contributed by atoms with Gasteiger partial charge in [0.15, 0.2) is 0 Å². The molecule has 0 bridgehead atoms. The van der Waals surface area contributed by atoms with Crippen LogP contribution < -0.4 is 4.89 Å². The molecule has 0 heterocycles. The van der Waals surface area contributed by atoms with Gasteiger partial charge in [0.25, 0.3) is 0 Å². The van der Waals surface area contributed by atoms with E-state index in [0.717, 1.165) is 12.8 Å². The predicted octanol–water partition coefficient (Wildman–Crippen LogP) is 2.43. The second-order valence-electron chi connectivity index (χ2n) is 6.09. The molecule has 21 heavy (non-hydrogen) atoms. The third kappa shape index (κ3) is 10.8. The predicted molar refractivity (Wildman–Crippen MR) is 77.8 cm³/mol. The molecule has 0 rings (SSSR count). The van der Waals surface area contributed by atoms with Crippen LogP contribution in [0.5, 0.6) is 0 Å². The molecule has 0 aliphatic carbocycles. The Balaban J connectivity index is 4.04. The first-order chi connectivity index (χ1) is 9.70. The van der Waals surface area contributed by atoms with Gasteiger partial charge in [0, 0.05) is 13.5 Å². The zero-order valence-corrected chi connectivity index (χ0v) is 14.5. The number of hydrogen-bond acceptors (Lipinski definition) is 6. The van der Waals surface area contributed by atoms with Gasteiger partial charge in [-0.25, -0.2) is 0 Å². The third-order valence-corrected chi connectivity index (χ3v) is 3.86. The van der Waals surface area contributed by atoms with Crippen LogP contribution in [0, 0.1) is 11.3 Å². The Morgan fingerprint density at radius 1 is 1.33 bits per heavy atom. The third-order valence-electron chi connectivity index (χ3n) is 3.50. The lowest BCUT2D eigenvalue weighted by atomic mass is 9.80. The van der Waals surface area contributed by atoms with E-state index in [-0.39, 0.29) is 30.5 Å². The molecular formula is C14H27O6P. The van der Waals surface area contributed by atoms with Crippen LogP contribution in [0.3, 0.4) is 0 Å². The molecule has 0 aromatic rings. The standard InChI is InChI=1S/C14H27O6P/c1-6-14(3,4)8-11(2)7-13(15)19-9-12(18-5)10-20-21(16)17/h11-12H,6-10H2,1-5H3. The van der Waals surface area contributed by atoms with Crippen LogP contribution in [0.25, 0.3) is 0 Å². The molecule has 124 valence electrons. The lowest BCUT2D eigenvalue weighted by molar-refractivity contribution is -0.188. The Morgan fingerprint density at radius 3 is 2.43 bits per heavy atom. The number of carbonyl (C=O) groups is 1. The maximum atomic E-state index is 11.7. The van der Waals surface area contributed by atoms with E-state index < -0.39 is 14.4 Å². The summed E-state index contributed by atoms with van der Waals surface area (Å²) in [4.78, 5) is 22.1. The quantitative estimate of drug-likeness (QED) is 0.429. The van der Waals surface area contributed by atoms with Crippen molar-refractivity contribution in [2.45, 2.75) is 53.1 Å². The van der Waals surface area contributed by atoms with Crippen molar-refractivity contribution in [3.8, 4) is 0 Å². The van der Waals surface area contributed by atoms with Crippen molar-refractivity contribution in [3.63, 3.8) is 0 Å². The van der Waals surface area contributed by atoms with Crippen molar-refractivity contribution in [3.05, 3.63) is 0 Å². The fourth-order valence-electron chi connectivity index (χ4n) is 2.02. The zero-order chi connectivity index (χ0) is 16.5. The Morgan fingerprint density at radius 2 is 1.95 bits per heavy atom. The fourth-order valence-corrected chi connectivity index (χ4v) is 2.31. The SMILES string of the molecule is CCC(C)(C)CC(C)CC(=O)OCC(CO[P+](=O)[O-])OC. The van der Waals surface area contributed by atoms with E-state index in [1.54, 1.807) is 0 Å². The lowest BCUT2D eigenvalue weighted by Gasteiger charge is -2.26. The second-order valence-corrected chi connectivity index (χ2v) is 6.80. The van der Waals surface area contributed by atoms with Crippen LogP contribution in [-0.4, -0.2) is 32.4 Å². The molecule has 0 aromatic carbocycles. The lowest BCUT2D eigenvalue weighted by Crippen LogP contribution is -2.26. The molecule has 3 unspecified atom stereocenters. The first kappa shape index (κ1) is 20.5. The van der Waals surface area contributed by atoms with Gasteiger partial charge in [-0.3, -0.25) is 4.79 Å². The molecule has 3 atom stereocenters. The molecule has 0 N–H and O–H groups in total. The first-order valence-electron chi connectivity index (χ1n) is 7.16. The molecule has 0 saturated carbocycles. The number of ether oxygens (including phenoxy) is 2. The largest absolute Gasteiger partial charge is 0.566 e. The van der Waals surface area contributed by atoms with Crippen LogP contribution in [0.2, 0.25) is 0 Å². The van der Waals surface area contributed by atoms with Crippen LogP contribution in [0.1, 0.15) is 47.0 Å². The molecule has 0 fully saturated rings. The molecule has 0 amide bonds. The summed E-state index contributed by atoms with van der Waals surface area (Å²) in [5, 5.41) is 0. The van der Waals surface area contributed by atoms with E-state index in [2.05, 4.69) is 25.3 Å². The Kier molecular flexibility index (Phi) is 9.95. The number of esters is 1. The Hall–Kier alpha value is -0.550. The summed E-state index contributed by atoms with van der Waals surface area (Å²) < 4.78 is 24.8. The van der Waals surface area contributed by atoms with Gasteiger partial charge in [-0.2, -0.15) is 0 Å². The minimum atomic E-state index is -2.92. The summed E-state index contributed by atoms with van der Waals surface area (Å²) in [6.45, 7) is 8.35. The fraction of sp³-hybridized carbons (Fsp3) is 0.929. The number of hydrogen-bond donors (Lipinski definition) is 0. The van der Waals surface area contributed by atoms with Crippen molar-refractivity contribution >= 4 is 14.2 Å². The molecule has 6 nitrogen and oxygen atoms in total. The van der Waals surface area contributed by atoms with Crippen LogP contribution in [0.4, 0.5) is 0 Å². The van der Waals surface area contributed by atoms with Crippen LogP contribution in [0.15, 0.2) is 0 Å². The topological polar surface area (TPSA) is 84.9 Å². The van der Waals surface area contributed by atoms with Crippen molar-refractivity contribution in [1.29, 1.82) is 0 Å². The summed E-state index contributed by atoms with van der Waals surface area (Å²) in [6, 6.07) is 0. The van der Waals surface area contributed by atoms with Gasteiger partial charge in [-0.05, 0) is 22.3 Å². The van der Waals surface area contributed by atoms with E-state index in [9.17, 15) is 14.3 Å². The van der Waals surface area contributed by atoms with Gasteiger partial charge < -0.3 is 14.4 Å². The second kappa shape index (κ2) is 10.2. The molecule has 0 radical (unpaired) electrons. The highest BCUT2D eigenvalue weighted by Crippen LogP contribution is 2.30. The van der Waals surface area contributed by atoms with Gasteiger partial charge in [0.1, 0.15) is 19.3 Å². The van der Waals surface area contributed by atoms with Gasteiger partial charge in [-0.15, -0.1) is 4.52 Å². The van der Waals surface area contributed by atoms with E-state index in [0.29, 0.717) is 6.42 Å². The summed E-state index contributed by atoms with van der Waals surface area (Å²) in [7, 11) is -1.51. The van der Waals surface area contributed by atoms with Crippen molar-refractivity contribution < 1.29 is 28.3 Å². The van der Waals surface area contributed by atoms with E-state index in [1.807, 2.05) is 6.92 Å². The Bertz CT molecular complexity index is 331. The highest BCUT2D eigenvalue weighted by molar-refractivity contribution is 7.30. The average molecular weight is 322 g/mol. The van der Waals surface area contributed by atoms with Gasteiger partial charge in [0.05, 0.1) is 0 Å². The zero-order valence-electron chi connectivity index (χ0n) is 13.6. The van der Waals surface area contributed by atoms with Crippen LogP contribution in [-0.2, 0) is 23.4 Å². The van der Waals surface area contributed by atoms with E-state index in [1.165, 1.54) is 7.11 Å². The van der Waals surface area contributed by atoms with Crippen molar-refractivity contribution in [2.75, 3.05) is 20.3 Å². The minimum Gasteiger partial charge on any atom is -0.566 e. The molecule has 0 aliphatic heterocycles. The minimum absolute atomic E-state index is 0.0115. The van der Waals surface area contributed by atoms with Crippen molar-refractivity contribution in [2.24, 2.45) is 11.3 Å². The summed E-state index contributed by atoms with van der Waals surface area (Å²) >= 11 is 0. The molecule has 0 spiro atoms. The Labute approximate surface area is 128 Å². The molecule has 0 aromatic heterocycles. The molecule has 7 heteroatoms. The number of rotatable bonds is 11. The normalized spacial score (nSPS) is 15.4. The van der Waals surface area contributed by atoms with Gasteiger partial charge in [-0.1, -0.05) is 34.1 Å². The van der Waals surface area contributed by atoms with Gasteiger partial charge >= 0.3 is 14.2 Å². The summed E-state index contributed by atoms with van der Waals surface area (Å²) in [5.41, 5.74) is 0.210. The molecular weight excluding hydrogens is 295 g/mol. The highest BCUT2D eigenvalue weighted by Gasteiger charge is 2.22. The first-order valence-corrected chi connectivity index (χ1v) is 8.25. The summed E-state index contributed by atoms with van der Waals surface area (Å²) in [5.74, 6) is -0.0659. The summed E-state index contributed by atoms with van der Waals surface area (Å²) in [6.07, 6.45) is 1.77. The number of methoxy groups -OCH3 is 1. The van der Waals surface area contributed by atoms with E-state index >= 15 is 0 Å². The maximum Gasteiger partial charge on any atom is 0.488 e. The smallest absolute Gasteiger partial charge is 0.488 e. The average Bonchev–Trinajstić information content (AvgIpc) is 2.37. The molecule has 0 aliphatic rings. The monoisotopic (exact) mass is 322 g/mol.